The molecular formula is C15H12N4O4. The lowest BCUT2D eigenvalue weighted by Gasteiger charge is -2.05. The van der Waals surface area contributed by atoms with Crippen LogP contribution in [0.1, 0.15) is 21.8 Å². The summed E-state index contributed by atoms with van der Waals surface area (Å²) in [5.74, 6) is -0.290. The molecule has 0 aliphatic heterocycles. The molecule has 3 rings (SSSR count). The SMILES string of the molecule is Cc1onc(-c2ccncc2)c1COc1ccc(C(=O)O)nn1. The van der Waals surface area contributed by atoms with Crippen molar-refractivity contribution in [3.05, 3.63) is 53.7 Å². The second kappa shape index (κ2) is 6.22. The van der Waals surface area contributed by atoms with Crippen molar-refractivity contribution in [2.24, 2.45) is 0 Å². The van der Waals surface area contributed by atoms with Gasteiger partial charge in [-0.3, -0.25) is 4.98 Å². The van der Waals surface area contributed by atoms with E-state index >= 15 is 0 Å². The average Bonchev–Trinajstić information content (AvgIpc) is 2.95. The maximum Gasteiger partial charge on any atom is 0.356 e. The quantitative estimate of drug-likeness (QED) is 0.762. The van der Waals surface area contributed by atoms with E-state index in [-0.39, 0.29) is 18.2 Å². The van der Waals surface area contributed by atoms with Crippen molar-refractivity contribution in [2.75, 3.05) is 0 Å². The van der Waals surface area contributed by atoms with Gasteiger partial charge in [-0.25, -0.2) is 4.79 Å². The highest BCUT2D eigenvalue weighted by molar-refractivity contribution is 5.84. The second-order valence-electron chi connectivity index (χ2n) is 4.65. The molecular weight excluding hydrogens is 300 g/mol. The zero-order valence-electron chi connectivity index (χ0n) is 12.1. The summed E-state index contributed by atoms with van der Waals surface area (Å²) in [6.45, 7) is 1.96. The lowest BCUT2D eigenvalue weighted by molar-refractivity contribution is 0.0689. The summed E-state index contributed by atoms with van der Waals surface area (Å²) in [6, 6.07) is 6.42. The first-order valence-electron chi connectivity index (χ1n) is 6.70. The maximum absolute atomic E-state index is 10.7. The third-order valence-electron chi connectivity index (χ3n) is 3.16. The number of carbonyl (C=O) groups is 1. The highest BCUT2D eigenvalue weighted by Gasteiger charge is 2.16. The van der Waals surface area contributed by atoms with E-state index in [2.05, 4.69) is 20.3 Å². The maximum atomic E-state index is 10.7. The first-order valence-corrected chi connectivity index (χ1v) is 6.70. The van der Waals surface area contributed by atoms with Gasteiger partial charge < -0.3 is 14.4 Å². The molecule has 0 amide bonds. The molecule has 0 saturated heterocycles. The van der Waals surface area contributed by atoms with Crippen LogP contribution in [0.25, 0.3) is 11.3 Å². The van der Waals surface area contributed by atoms with Crippen LogP contribution < -0.4 is 4.74 Å². The van der Waals surface area contributed by atoms with Gasteiger partial charge in [0.15, 0.2) is 5.69 Å². The van der Waals surface area contributed by atoms with Crippen molar-refractivity contribution in [2.45, 2.75) is 13.5 Å². The molecule has 3 aromatic rings. The van der Waals surface area contributed by atoms with Crippen molar-refractivity contribution in [3.8, 4) is 17.1 Å². The highest BCUT2D eigenvalue weighted by Crippen LogP contribution is 2.25. The smallest absolute Gasteiger partial charge is 0.356 e. The van der Waals surface area contributed by atoms with Crippen LogP contribution in [-0.2, 0) is 6.61 Å². The van der Waals surface area contributed by atoms with Gasteiger partial charge >= 0.3 is 5.97 Å². The van der Waals surface area contributed by atoms with E-state index in [9.17, 15) is 4.79 Å². The van der Waals surface area contributed by atoms with Gasteiger partial charge in [0.05, 0.1) is 5.56 Å². The van der Waals surface area contributed by atoms with Gasteiger partial charge in [-0.05, 0) is 25.1 Å². The minimum atomic E-state index is -1.14. The van der Waals surface area contributed by atoms with Crippen molar-refractivity contribution in [1.29, 1.82) is 0 Å². The van der Waals surface area contributed by atoms with Crippen molar-refractivity contribution >= 4 is 5.97 Å². The van der Waals surface area contributed by atoms with Crippen LogP contribution in [-0.4, -0.2) is 31.4 Å². The van der Waals surface area contributed by atoms with Crippen molar-refractivity contribution < 1.29 is 19.2 Å². The minimum Gasteiger partial charge on any atom is -0.476 e. The summed E-state index contributed by atoms with van der Waals surface area (Å²) in [5, 5.41) is 20.1. The van der Waals surface area contributed by atoms with Gasteiger partial charge in [-0.1, -0.05) is 5.16 Å². The fourth-order valence-corrected chi connectivity index (χ4v) is 1.95. The number of ether oxygens (including phenoxy) is 1. The molecule has 0 aliphatic rings. The molecule has 8 heteroatoms. The molecule has 0 unspecified atom stereocenters. The normalized spacial score (nSPS) is 10.5. The molecule has 8 nitrogen and oxygen atoms in total. The fourth-order valence-electron chi connectivity index (χ4n) is 1.95. The van der Waals surface area contributed by atoms with Crippen LogP contribution in [0.4, 0.5) is 0 Å². The van der Waals surface area contributed by atoms with Gasteiger partial charge in [-0.2, -0.15) is 0 Å². The summed E-state index contributed by atoms with van der Waals surface area (Å²) < 4.78 is 10.8. The molecule has 0 aromatic carbocycles. The Morgan fingerprint density at radius 1 is 1.22 bits per heavy atom. The first kappa shape index (κ1) is 14.6. The predicted octanol–water partition coefficient (Wildman–Crippen LogP) is 2.11. The Balaban J connectivity index is 1.78. The number of carboxylic acid groups (broad SMARTS) is 1. The summed E-state index contributed by atoms with van der Waals surface area (Å²) >= 11 is 0. The number of aromatic carboxylic acids is 1. The van der Waals surface area contributed by atoms with E-state index < -0.39 is 5.97 Å². The topological polar surface area (TPSA) is 111 Å². The summed E-state index contributed by atoms with van der Waals surface area (Å²) in [5.41, 5.74) is 2.17. The number of hydrogen-bond acceptors (Lipinski definition) is 7. The average molecular weight is 312 g/mol. The first-order chi connectivity index (χ1) is 11.1. The molecule has 0 radical (unpaired) electrons. The molecule has 1 N–H and O–H groups in total. The summed E-state index contributed by atoms with van der Waals surface area (Å²) in [4.78, 5) is 14.7. The van der Waals surface area contributed by atoms with E-state index in [1.54, 1.807) is 19.3 Å². The fraction of sp³-hybridized carbons (Fsp3) is 0.133. The molecule has 0 saturated carbocycles. The van der Waals surface area contributed by atoms with E-state index in [4.69, 9.17) is 14.4 Å². The minimum absolute atomic E-state index is 0.143. The monoisotopic (exact) mass is 312 g/mol. The van der Waals surface area contributed by atoms with E-state index in [0.29, 0.717) is 11.5 Å². The largest absolute Gasteiger partial charge is 0.476 e. The molecule has 3 heterocycles. The molecule has 3 aromatic heterocycles. The van der Waals surface area contributed by atoms with Crippen LogP contribution in [0.5, 0.6) is 5.88 Å². The number of aromatic nitrogens is 4. The Morgan fingerprint density at radius 3 is 2.65 bits per heavy atom. The Bertz CT molecular complexity index is 815. The Kier molecular flexibility index (Phi) is 3.96. The molecule has 0 bridgehead atoms. The number of hydrogen-bond donors (Lipinski definition) is 1. The van der Waals surface area contributed by atoms with Crippen molar-refractivity contribution in [1.82, 2.24) is 20.3 Å². The lowest BCUT2D eigenvalue weighted by atomic mass is 10.1. The van der Waals surface area contributed by atoms with Gasteiger partial charge in [0, 0.05) is 24.0 Å². The zero-order chi connectivity index (χ0) is 16.2. The molecule has 116 valence electrons. The number of carboxylic acids is 1. The van der Waals surface area contributed by atoms with E-state index in [1.807, 2.05) is 12.1 Å². The molecule has 0 aliphatic carbocycles. The Morgan fingerprint density at radius 2 is 2.00 bits per heavy atom. The van der Waals surface area contributed by atoms with E-state index in [0.717, 1.165) is 11.1 Å². The third kappa shape index (κ3) is 3.15. The predicted molar refractivity (Wildman–Crippen MR) is 77.8 cm³/mol. The van der Waals surface area contributed by atoms with Crippen LogP contribution >= 0.6 is 0 Å². The highest BCUT2D eigenvalue weighted by atomic mass is 16.5. The van der Waals surface area contributed by atoms with Gasteiger partial charge in [0.1, 0.15) is 18.1 Å². The Labute approximate surface area is 130 Å². The standard InChI is InChI=1S/C15H12N4O4/c1-9-11(14(19-23-9)10-4-6-16-7-5-10)8-22-13-3-2-12(15(20)21)17-18-13/h2-7H,8H2,1H3,(H,20,21). The van der Waals surface area contributed by atoms with Crippen LogP contribution in [0.15, 0.2) is 41.2 Å². The van der Waals surface area contributed by atoms with Gasteiger partial charge in [0.25, 0.3) is 0 Å². The number of rotatable bonds is 5. The molecule has 0 spiro atoms. The zero-order valence-corrected chi connectivity index (χ0v) is 12.1. The summed E-state index contributed by atoms with van der Waals surface area (Å²) in [7, 11) is 0. The van der Waals surface area contributed by atoms with Crippen LogP contribution in [0.3, 0.4) is 0 Å². The lowest BCUT2D eigenvalue weighted by Crippen LogP contribution is -2.04. The van der Waals surface area contributed by atoms with Crippen LogP contribution in [0.2, 0.25) is 0 Å². The second-order valence-corrected chi connectivity index (χ2v) is 4.65. The number of nitrogens with zero attached hydrogens (tertiary/aromatic N) is 4. The number of pyridine rings is 1. The molecule has 23 heavy (non-hydrogen) atoms. The van der Waals surface area contributed by atoms with Gasteiger partial charge in [0.2, 0.25) is 5.88 Å². The molecule has 0 fully saturated rings. The summed E-state index contributed by atoms with van der Waals surface area (Å²) in [6.07, 6.45) is 3.33. The van der Waals surface area contributed by atoms with E-state index in [1.165, 1.54) is 12.1 Å². The van der Waals surface area contributed by atoms with Gasteiger partial charge in [-0.15, -0.1) is 10.2 Å². The van der Waals surface area contributed by atoms with Crippen molar-refractivity contribution in [3.63, 3.8) is 0 Å². The third-order valence-corrected chi connectivity index (χ3v) is 3.16. The van der Waals surface area contributed by atoms with Crippen LogP contribution in [0, 0.1) is 6.92 Å². The molecule has 0 atom stereocenters. The number of aryl methyl sites for hydroxylation is 1. The Hall–Kier alpha value is -3.29.